The second-order valence-corrected chi connectivity index (χ2v) is 8.93. The lowest BCUT2D eigenvalue weighted by Gasteiger charge is -2.32. The monoisotopic (exact) mass is 461 g/mol. The maximum Gasteiger partial charge on any atom is 0.287 e. The van der Waals surface area contributed by atoms with E-state index in [1.807, 2.05) is 36.4 Å². The molecule has 0 atom stereocenters. The van der Waals surface area contributed by atoms with E-state index in [9.17, 15) is 9.59 Å². The van der Waals surface area contributed by atoms with Crippen LogP contribution in [0.5, 0.6) is 0 Å². The number of furan rings is 2. The van der Waals surface area contributed by atoms with Gasteiger partial charge in [-0.1, -0.05) is 0 Å². The van der Waals surface area contributed by atoms with Crippen LogP contribution in [0, 0.1) is 6.92 Å². The summed E-state index contributed by atoms with van der Waals surface area (Å²) < 4.78 is 12.7. The Morgan fingerprint density at radius 3 is 2.59 bits per heavy atom. The van der Waals surface area contributed by atoms with Crippen molar-refractivity contribution in [3.63, 3.8) is 0 Å². The number of pyridine rings is 1. The van der Waals surface area contributed by atoms with Gasteiger partial charge in [0, 0.05) is 30.7 Å². The number of likely N-dealkylation sites (tertiary alicyclic amines) is 1. The second-order valence-electron chi connectivity index (χ2n) is 8.93. The molecule has 1 fully saturated rings. The van der Waals surface area contributed by atoms with Gasteiger partial charge >= 0.3 is 0 Å². The summed E-state index contributed by atoms with van der Waals surface area (Å²) >= 11 is 0. The predicted molar refractivity (Wildman–Crippen MR) is 125 cm³/mol. The molecular formula is C25H27N5O4. The Hall–Kier alpha value is -3.88. The second kappa shape index (κ2) is 8.81. The van der Waals surface area contributed by atoms with E-state index < -0.39 is 0 Å². The van der Waals surface area contributed by atoms with E-state index in [0.29, 0.717) is 54.4 Å². The third-order valence-electron chi connectivity index (χ3n) is 6.25. The van der Waals surface area contributed by atoms with E-state index in [0.717, 1.165) is 10.9 Å². The van der Waals surface area contributed by atoms with Gasteiger partial charge in [-0.3, -0.25) is 9.59 Å². The van der Waals surface area contributed by atoms with Crippen molar-refractivity contribution >= 4 is 22.8 Å². The number of aryl methyl sites for hydroxylation is 1. The van der Waals surface area contributed by atoms with Crippen LogP contribution < -0.4 is 5.32 Å². The number of nitrogens with one attached hydrogen (secondary N) is 1. The van der Waals surface area contributed by atoms with E-state index in [2.05, 4.69) is 10.4 Å². The van der Waals surface area contributed by atoms with Gasteiger partial charge in [0.05, 0.1) is 29.7 Å². The molecule has 9 heteroatoms. The van der Waals surface area contributed by atoms with E-state index in [-0.39, 0.29) is 23.9 Å². The lowest BCUT2D eigenvalue weighted by Crippen LogP contribution is -2.46. The summed E-state index contributed by atoms with van der Waals surface area (Å²) in [7, 11) is 0. The summed E-state index contributed by atoms with van der Waals surface area (Å²) in [5.74, 6) is 0.648. The highest BCUT2D eigenvalue weighted by Crippen LogP contribution is 2.28. The summed E-state index contributed by atoms with van der Waals surface area (Å²) in [5, 5.41) is 8.23. The molecule has 9 nitrogen and oxygen atoms in total. The average Bonchev–Trinajstić information content (AvgIpc) is 3.59. The first kappa shape index (κ1) is 21.9. The smallest absolute Gasteiger partial charge is 0.287 e. The molecule has 5 heterocycles. The van der Waals surface area contributed by atoms with Gasteiger partial charge in [-0.15, -0.1) is 0 Å². The van der Waals surface area contributed by atoms with Crippen molar-refractivity contribution in [3.8, 4) is 11.5 Å². The number of piperidine rings is 1. The van der Waals surface area contributed by atoms with E-state index >= 15 is 0 Å². The minimum Gasteiger partial charge on any atom is -0.463 e. The van der Waals surface area contributed by atoms with Crippen LogP contribution in [0.25, 0.3) is 22.5 Å². The summed E-state index contributed by atoms with van der Waals surface area (Å²) in [6.45, 7) is 6.97. The lowest BCUT2D eigenvalue weighted by molar-refractivity contribution is 0.0697. The fourth-order valence-corrected chi connectivity index (χ4v) is 4.38. The lowest BCUT2D eigenvalue weighted by atomic mass is 10.0. The molecule has 4 aromatic rings. The molecule has 176 valence electrons. The number of fused-ring (bicyclic) bond motifs is 1. The summed E-state index contributed by atoms with van der Waals surface area (Å²) in [4.78, 5) is 32.6. The standard InChI is InChI=1S/C25H27N5O4/c1-15(2)30-23-19(14-26-30)18(13-20(28-23)21-5-4-11-33-21)25(32)29-9-6-17(7-10-29)27-24(31)22-16(3)8-12-34-22/h4-5,8,11-15,17H,6-7,9-10H2,1-3H3,(H,27,31). The number of hydrogen-bond donors (Lipinski definition) is 1. The Labute approximate surface area is 196 Å². The quantitative estimate of drug-likeness (QED) is 0.477. The third-order valence-corrected chi connectivity index (χ3v) is 6.25. The first-order valence-electron chi connectivity index (χ1n) is 11.5. The van der Waals surface area contributed by atoms with Crippen LogP contribution in [0.1, 0.15) is 59.2 Å². The number of carbonyl (C=O) groups excluding carboxylic acids is 2. The van der Waals surface area contributed by atoms with Gasteiger partial charge in [0.2, 0.25) is 0 Å². The molecule has 4 aromatic heterocycles. The Bertz CT molecular complexity index is 1330. The zero-order valence-corrected chi connectivity index (χ0v) is 19.4. The number of aromatic nitrogens is 3. The first-order chi connectivity index (χ1) is 16.4. The molecule has 0 radical (unpaired) electrons. The van der Waals surface area contributed by atoms with Gasteiger partial charge in [-0.05, 0) is 57.9 Å². The minimum absolute atomic E-state index is 0.0131. The van der Waals surface area contributed by atoms with Crippen molar-refractivity contribution < 1.29 is 18.4 Å². The zero-order chi connectivity index (χ0) is 23.8. The number of carbonyl (C=O) groups is 2. The molecule has 0 bridgehead atoms. The van der Waals surface area contributed by atoms with Crippen LogP contribution in [0.3, 0.4) is 0 Å². The fourth-order valence-electron chi connectivity index (χ4n) is 4.38. The van der Waals surface area contributed by atoms with Crippen LogP contribution in [-0.4, -0.2) is 50.6 Å². The fraction of sp³-hybridized carbons (Fsp3) is 0.360. The van der Waals surface area contributed by atoms with Gasteiger partial charge in [-0.2, -0.15) is 5.10 Å². The highest BCUT2D eigenvalue weighted by molar-refractivity contribution is 6.06. The molecule has 0 aliphatic carbocycles. The van der Waals surface area contributed by atoms with Crippen LogP contribution in [0.15, 0.2) is 51.8 Å². The highest BCUT2D eigenvalue weighted by Gasteiger charge is 2.28. The third kappa shape index (κ3) is 3.98. The summed E-state index contributed by atoms with van der Waals surface area (Å²) in [6, 6.07) is 7.25. The molecule has 5 rings (SSSR count). The molecule has 1 aliphatic heterocycles. The molecule has 0 spiro atoms. The Balaban J connectivity index is 1.36. The van der Waals surface area contributed by atoms with Crippen molar-refractivity contribution in [3.05, 3.63) is 59.9 Å². The van der Waals surface area contributed by atoms with Gasteiger partial charge in [0.25, 0.3) is 11.8 Å². The molecule has 1 saturated heterocycles. The molecule has 34 heavy (non-hydrogen) atoms. The molecule has 2 amide bonds. The van der Waals surface area contributed by atoms with Crippen LogP contribution >= 0.6 is 0 Å². The molecule has 1 aliphatic rings. The summed E-state index contributed by atoms with van der Waals surface area (Å²) in [6.07, 6.45) is 6.15. The number of nitrogens with zero attached hydrogens (tertiary/aromatic N) is 4. The maximum atomic E-state index is 13.6. The molecule has 0 aromatic carbocycles. The Morgan fingerprint density at radius 2 is 1.94 bits per heavy atom. The normalized spacial score (nSPS) is 14.8. The Morgan fingerprint density at radius 1 is 1.15 bits per heavy atom. The van der Waals surface area contributed by atoms with Crippen molar-refractivity contribution in [2.45, 2.75) is 45.7 Å². The predicted octanol–water partition coefficient (Wildman–Crippen LogP) is 4.21. The van der Waals surface area contributed by atoms with Crippen molar-refractivity contribution in [1.82, 2.24) is 25.0 Å². The van der Waals surface area contributed by atoms with Crippen molar-refractivity contribution in [2.24, 2.45) is 0 Å². The van der Waals surface area contributed by atoms with Gasteiger partial charge in [-0.25, -0.2) is 9.67 Å². The van der Waals surface area contributed by atoms with E-state index in [1.165, 1.54) is 6.26 Å². The molecule has 1 N–H and O–H groups in total. The van der Waals surface area contributed by atoms with Crippen LogP contribution in [0.2, 0.25) is 0 Å². The van der Waals surface area contributed by atoms with Gasteiger partial charge < -0.3 is 19.1 Å². The van der Waals surface area contributed by atoms with Crippen LogP contribution in [0.4, 0.5) is 0 Å². The number of rotatable bonds is 5. The van der Waals surface area contributed by atoms with E-state index in [1.54, 1.807) is 30.7 Å². The van der Waals surface area contributed by atoms with E-state index in [4.69, 9.17) is 13.8 Å². The highest BCUT2D eigenvalue weighted by atomic mass is 16.3. The Kier molecular flexibility index (Phi) is 5.69. The van der Waals surface area contributed by atoms with Crippen molar-refractivity contribution in [1.29, 1.82) is 0 Å². The van der Waals surface area contributed by atoms with Gasteiger partial charge in [0.15, 0.2) is 17.2 Å². The molecular weight excluding hydrogens is 434 g/mol. The topological polar surface area (TPSA) is 106 Å². The number of amides is 2. The maximum absolute atomic E-state index is 13.6. The summed E-state index contributed by atoms with van der Waals surface area (Å²) in [5.41, 5.74) is 2.61. The largest absolute Gasteiger partial charge is 0.463 e. The van der Waals surface area contributed by atoms with Crippen LogP contribution in [-0.2, 0) is 0 Å². The zero-order valence-electron chi connectivity index (χ0n) is 19.4. The minimum atomic E-state index is -0.215. The van der Waals surface area contributed by atoms with Gasteiger partial charge in [0.1, 0.15) is 5.69 Å². The SMILES string of the molecule is Cc1ccoc1C(=O)NC1CCN(C(=O)c2cc(-c3ccco3)nc3c2cnn3C(C)C)CC1. The first-order valence-corrected chi connectivity index (χ1v) is 11.5. The molecule has 0 saturated carbocycles. The average molecular weight is 462 g/mol. The molecule has 0 unspecified atom stereocenters. The van der Waals surface area contributed by atoms with Crippen molar-refractivity contribution in [2.75, 3.05) is 13.1 Å². The number of hydrogen-bond acceptors (Lipinski definition) is 6.